The van der Waals surface area contributed by atoms with E-state index in [-0.39, 0.29) is 6.03 Å². The summed E-state index contributed by atoms with van der Waals surface area (Å²) in [5.41, 5.74) is 3.24. The van der Waals surface area contributed by atoms with Crippen LogP contribution in [0.4, 0.5) is 22.0 Å². The van der Waals surface area contributed by atoms with Gasteiger partial charge in [-0.25, -0.2) is 14.8 Å². The average Bonchev–Trinajstić information content (AvgIpc) is 2.76. The van der Waals surface area contributed by atoms with Crippen molar-refractivity contribution in [2.75, 3.05) is 41.8 Å². The van der Waals surface area contributed by atoms with Crippen molar-refractivity contribution in [3.05, 3.63) is 60.6 Å². The molecule has 0 atom stereocenters. The average molecular weight is 390 g/mol. The van der Waals surface area contributed by atoms with Crippen molar-refractivity contribution >= 4 is 23.2 Å². The molecule has 0 unspecified atom stereocenters. The summed E-state index contributed by atoms with van der Waals surface area (Å²) in [7, 11) is 0. The van der Waals surface area contributed by atoms with Gasteiger partial charge in [0.15, 0.2) is 5.82 Å². The van der Waals surface area contributed by atoms with Gasteiger partial charge in [0.25, 0.3) is 0 Å². The summed E-state index contributed by atoms with van der Waals surface area (Å²) in [4.78, 5) is 27.5. The fraction of sp³-hybridized carbons (Fsp3) is 0.238. The number of benzene rings is 1. The molecule has 8 nitrogen and oxygen atoms in total. The number of rotatable bonds is 4. The number of morpholine rings is 1. The Morgan fingerprint density at radius 2 is 1.79 bits per heavy atom. The third kappa shape index (κ3) is 4.67. The molecule has 1 fully saturated rings. The summed E-state index contributed by atoms with van der Waals surface area (Å²) in [6.07, 6.45) is 5.09. The first-order valence-corrected chi connectivity index (χ1v) is 9.44. The van der Waals surface area contributed by atoms with E-state index >= 15 is 0 Å². The monoisotopic (exact) mass is 390 g/mol. The molecule has 3 heterocycles. The van der Waals surface area contributed by atoms with Gasteiger partial charge in [0, 0.05) is 42.3 Å². The van der Waals surface area contributed by atoms with Gasteiger partial charge in [-0.1, -0.05) is 0 Å². The van der Waals surface area contributed by atoms with E-state index in [0.717, 1.165) is 30.0 Å². The number of aryl methyl sites for hydroxylation is 1. The molecule has 0 aliphatic carbocycles. The molecule has 1 aliphatic rings. The highest BCUT2D eigenvalue weighted by Crippen LogP contribution is 2.23. The number of urea groups is 1. The molecule has 0 spiro atoms. The maximum Gasteiger partial charge on any atom is 0.323 e. The molecule has 1 aliphatic heterocycles. The minimum Gasteiger partial charge on any atom is -0.378 e. The summed E-state index contributed by atoms with van der Waals surface area (Å²) >= 11 is 0. The minimum atomic E-state index is -0.327. The van der Waals surface area contributed by atoms with Crippen LogP contribution >= 0.6 is 0 Å². The molecule has 3 aromatic rings. The number of hydrogen-bond acceptors (Lipinski definition) is 6. The second kappa shape index (κ2) is 8.66. The molecule has 1 saturated heterocycles. The van der Waals surface area contributed by atoms with E-state index in [9.17, 15) is 4.79 Å². The summed E-state index contributed by atoms with van der Waals surface area (Å²) in [6.45, 7) is 5.08. The van der Waals surface area contributed by atoms with Crippen LogP contribution < -0.4 is 15.5 Å². The van der Waals surface area contributed by atoms with E-state index in [0.29, 0.717) is 30.4 Å². The lowest BCUT2D eigenvalue weighted by Gasteiger charge is -2.29. The summed E-state index contributed by atoms with van der Waals surface area (Å²) in [5.74, 6) is 1.60. The Morgan fingerprint density at radius 1 is 1.03 bits per heavy atom. The number of nitrogens with zero attached hydrogens (tertiary/aromatic N) is 4. The van der Waals surface area contributed by atoms with Crippen LogP contribution in [0.3, 0.4) is 0 Å². The van der Waals surface area contributed by atoms with Crippen LogP contribution in [0, 0.1) is 6.92 Å². The molecule has 8 heteroatoms. The second-order valence-electron chi connectivity index (χ2n) is 6.70. The maximum atomic E-state index is 12.1. The number of hydrogen-bond donors (Lipinski definition) is 2. The fourth-order valence-corrected chi connectivity index (χ4v) is 3.10. The normalized spacial score (nSPS) is 13.8. The lowest BCUT2D eigenvalue weighted by molar-refractivity contribution is 0.122. The Kier molecular flexibility index (Phi) is 5.62. The molecule has 1 aromatic carbocycles. The largest absolute Gasteiger partial charge is 0.378 e. The summed E-state index contributed by atoms with van der Waals surface area (Å²) in [6, 6.07) is 10.7. The molecule has 2 amide bonds. The Bertz CT molecular complexity index is 972. The zero-order valence-corrected chi connectivity index (χ0v) is 16.1. The first kappa shape index (κ1) is 18.8. The highest BCUT2D eigenvalue weighted by molar-refractivity contribution is 5.99. The van der Waals surface area contributed by atoms with E-state index in [1.807, 2.05) is 37.4 Å². The lowest BCUT2D eigenvalue weighted by Crippen LogP contribution is -2.37. The van der Waals surface area contributed by atoms with Crippen LogP contribution in [-0.2, 0) is 4.74 Å². The number of aromatic nitrogens is 3. The van der Waals surface area contributed by atoms with E-state index in [1.54, 1.807) is 24.5 Å². The van der Waals surface area contributed by atoms with Crippen LogP contribution in [0.1, 0.15) is 5.56 Å². The van der Waals surface area contributed by atoms with Gasteiger partial charge in [-0.2, -0.15) is 0 Å². The van der Waals surface area contributed by atoms with Crippen LogP contribution in [0.2, 0.25) is 0 Å². The van der Waals surface area contributed by atoms with Gasteiger partial charge >= 0.3 is 6.03 Å². The van der Waals surface area contributed by atoms with Crippen molar-refractivity contribution < 1.29 is 9.53 Å². The highest BCUT2D eigenvalue weighted by Gasteiger charge is 2.16. The zero-order valence-electron chi connectivity index (χ0n) is 16.1. The molecule has 0 radical (unpaired) electrons. The van der Waals surface area contributed by atoms with Crippen molar-refractivity contribution in [2.45, 2.75) is 6.92 Å². The van der Waals surface area contributed by atoms with Gasteiger partial charge in [-0.15, -0.1) is 0 Å². The van der Waals surface area contributed by atoms with Crippen LogP contribution in [-0.4, -0.2) is 47.3 Å². The summed E-state index contributed by atoms with van der Waals surface area (Å²) in [5, 5.41) is 5.53. The Morgan fingerprint density at radius 3 is 2.52 bits per heavy atom. The maximum absolute atomic E-state index is 12.1. The molecule has 0 saturated carbocycles. The van der Waals surface area contributed by atoms with E-state index < -0.39 is 0 Å². The zero-order chi connectivity index (χ0) is 20.1. The number of carbonyl (C=O) groups is 1. The van der Waals surface area contributed by atoms with Gasteiger partial charge in [0.2, 0.25) is 0 Å². The molecule has 148 valence electrons. The van der Waals surface area contributed by atoms with E-state index in [2.05, 4.69) is 25.5 Å². The van der Waals surface area contributed by atoms with E-state index in [1.165, 1.54) is 0 Å². The molecule has 29 heavy (non-hydrogen) atoms. The quantitative estimate of drug-likeness (QED) is 0.710. The van der Waals surface area contributed by atoms with Gasteiger partial charge in [0.05, 0.1) is 25.1 Å². The SMILES string of the molecule is Cc1cnc(-c2ccc(NC(=O)Nc3cccnc3)cc2)nc1N1CCOCC1. The highest BCUT2D eigenvalue weighted by atomic mass is 16.5. The van der Waals surface area contributed by atoms with Crippen LogP contribution in [0.5, 0.6) is 0 Å². The molecule has 0 bridgehead atoms. The Hall–Kier alpha value is -3.52. The van der Waals surface area contributed by atoms with Gasteiger partial charge in [-0.05, 0) is 43.3 Å². The minimum absolute atomic E-state index is 0.327. The first-order valence-electron chi connectivity index (χ1n) is 9.44. The lowest BCUT2D eigenvalue weighted by atomic mass is 10.2. The van der Waals surface area contributed by atoms with Crippen molar-refractivity contribution in [3.8, 4) is 11.4 Å². The topological polar surface area (TPSA) is 92.3 Å². The molecule has 2 aromatic heterocycles. The third-order valence-corrected chi connectivity index (χ3v) is 4.58. The van der Waals surface area contributed by atoms with Gasteiger partial charge in [0.1, 0.15) is 5.82 Å². The number of ether oxygens (including phenoxy) is 1. The Labute approximate surface area is 169 Å². The van der Waals surface area contributed by atoms with Crippen LogP contribution in [0.15, 0.2) is 55.0 Å². The predicted molar refractivity (Wildman–Crippen MR) is 112 cm³/mol. The fourth-order valence-electron chi connectivity index (χ4n) is 3.10. The standard InChI is InChI=1S/C21H22N6O2/c1-15-13-23-19(26-20(15)27-9-11-29-12-10-27)16-4-6-17(7-5-16)24-21(28)25-18-3-2-8-22-14-18/h2-8,13-14H,9-12H2,1H3,(H2,24,25,28). The van der Waals surface area contributed by atoms with Crippen molar-refractivity contribution in [1.29, 1.82) is 0 Å². The number of anilines is 3. The molecular formula is C21H22N6O2. The first-order chi connectivity index (χ1) is 14.2. The smallest absolute Gasteiger partial charge is 0.323 e. The molecular weight excluding hydrogens is 368 g/mol. The second-order valence-corrected chi connectivity index (χ2v) is 6.70. The van der Waals surface area contributed by atoms with Crippen molar-refractivity contribution in [1.82, 2.24) is 15.0 Å². The molecule has 2 N–H and O–H groups in total. The van der Waals surface area contributed by atoms with Gasteiger partial charge in [-0.3, -0.25) is 4.98 Å². The van der Waals surface area contributed by atoms with Crippen LogP contribution in [0.25, 0.3) is 11.4 Å². The third-order valence-electron chi connectivity index (χ3n) is 4.58. The predicted octanol–water partition coefficient (Wildman–Crippen LogP) is 3.33. The van der Waals surface area contributed by atoms with E-state index in [4.69, 9.17) is 9.72 Å². The van der Waals surface area contributed by atoms with Gasteiger partial charge < -0.3 is 20.3 Å². The number of amides is 2. The van der Waals surface area contributed by atoms with Crippen molar-refractivity contribution in [2.24, 2.45) is 0 Å². The Balaban J connectivity index is 1.45. The molecule has 4 rings (SSSR count). The number of nitrogens with one attached hydrogen (secondary N) is 2. The van der Waals surface area contributed by atoms with Crippen molar-refractivity contribution in [3.63, 3.8) is 0 Å². The number of carbonyl (C=O) groups excluding carboxylic acids is 1. The number of pyridine rings is 1. The summed E-state index contributed by atoms with van der Waals surface area (Å²) < 4.78 is 5.43.